The van der Waals surface area contributed by atoms with Crippen LogP contribution in [0.1, 0.15) is 29.8 Å². The molecule has 2 rings (SSSR count). The van der Waals surface area contributed by atoms with Crippen molar-refractivity contribution in [2.24, 2.45) is 11.7 Å². The van der Waals surface area contributed by atoms with Crippen LogP contribution in [0, 0.1) is 17.6 Å². The number of hydrogen-bond acceptors (Lipinski definition) is 4. The average Bonchev–Trinajstić information content (AvgIpc) is 2.72. The third kappa shape index (κ3) is 6.08. The first-order valence-corrected chi connectivity index (χ1v) is 11.2. The van der Waals surface area contributed by atoms with Gasteiger partial charge < -0.3 is 11.1 Å². The number of primary amides is 1. The van der Waals surface area contributed by atoms with E-state index in [9.17, 15) is 26.8 Å². The number of amides is 2. The number of carbonyl (C=O) groups excluding carboxylic acids is 2. The van der Waals surface area contributed by atoms with E-state index in [0.29, 0.717) is 5.56 Å². The summed E-state index contributed by atoms with van der Waals surface area (Å²) >= 11 is 0. The second kappa shape index (κ2) is 10.5. The number of nitrogens with zero attached hydrogens (tertiary/aromatic N) is 1. The Morgan fingerprint density at radius 1 is 1.06 bits per heavy atom. The van der Waals surface area contributed by atoms with Crippen molar-refractivity contribution in [2.75, 3.05) is 19.6 Å². The Morgan fingerprint density at radius 2 is 1.68 bits per heavy atom. The van der Waals surface area contributed by atoms with E-state index in [-0.39, 0.29) is 31.0 Å². The highest BCUT2D eigenvalue weighted by molar-refractivity contribution is 7.89. The molecule has 0 aliphatic carbocycles. The maximum atomic E-state index is 14.2. The summed E-state index contributed by atoms with van der Waals surface area (Å²) in [5.74, 6) is -3.71. The Morgan fingerprint density at radius 3 is 2.23 bits per heavy atom. The van der Waals surface area contributed by atoms with E-state index in [4.69, 9.17) is 5.73 Å². The zero-order valence-electron chi connectivity index (χ0n) is 17.3. The molecule has 1 unspecified atom stereocenters. The predicted octanol–water partition coefficient (Wildman–Crippen LogP) is 2.07. The Bertz CT molecular complexity index is 1040. The standard InChI is InChI=1S/C21H25F2N3O4S/c1-3-26(4-2)31(29,30)17-9-10-19(23)18(12-17)21(28)25-13-15(20(24)27)11-14-5-7-16(22)8-6-14/h5-10,12,15H,3-4,11,13H2,1-2H3,(H2,24,27)(H,25,28). The number of carbonyl (C=O) groups is 2. The normalized spacial score (nSPS) is 12.5. The molecule has 0 saturated carbocycles. The van der Waals surface area contributed by atoms with Gasteiger partial charge in [0.2, 0.25) is 15.9 Å². The van der Waals surface area contributed by atoms with Crippen molar-refractivity contribution in [3.05, 3.63) is 65.2 Å². The molecule has 168 valence electrons. The van der Waals surface area contributed by atoms with E-state index in [1.807, 2.05) is 0 Å². The van der Waals surface area contributed by atoms with Gasteiger partial charge in [0.05, 0.1) is 16.4 Å². The SMILES string of the molecule is CCN(CC)S(=O)(=O)c1ccc(F)c(C(=O)NCC(Cc2ccc(F)cc2)C(N)=O)c1. The van der Waals surface area contributed by atoms with Crippen LogP contribution in [0.5, 0.6) is 0 Å². The molecule has 0 fully saturated rings. The minimum absolute atomic E-state index is 0.148. The first kappa shape index (κ1) is 24.4. The fourth-order valence-corrected chi connectivity index (χ4v) is 4.53. The summed E-state index contributed by atoms with van der Waals surface area (Å²) in [6.45, 7) is 3.59. The molecule has 0 saturated heterocycles. The number of rotatable bonds is 10. The molecule has 31 heavy (non-hydrogen) atoms. The minimum Gasteiger partial charge on any atom is -0.369 e. The van der Waals surface area contributed by atoms with Crippen molar-refractivity contribution in [3.8, 4) is 0 Å². The van der Waals surface area contributed by atoms with Gasteiger partial charge in [-0.25, -0.2) is 17.2 Å². The summed E-state index contributed by atoms with van der Waals surface area (Å²) in [5.41, 5.74) is 5.57. The van der Waals surface area contributed by atoms with Gasteiger partial charge in [0, 0.05) is 19.6 Å². The fraction of sp³-hybridized carbons (Fsp3) is 0.333. The van der Waals surface area contributed by atoms with Crippen molar-refractivity contribution in [3.63, 3.8) is 0 Å². The lowest BCUT2D eigenvalue weighted by molar-refractivity contribution is -0.121. The Labute approximate surface area is 180 Å². The molecule has 0 aromatic heterocycles. The lowest BCUT2D eigenvalue weighted by Crippen LogP contribution is -2.37. The first-order chi connectivity index (χ1) is 14.6. The van der Waals surface area contributed by atoms with Gasteiger partial charge >= 0.3 is 0 Å². The molecule has 10 heteroatoms. The molecule has 0 spiro atoms. The topological polar surface area (TPSA) is 110 Å². The molecule has 0 heterocycles. The van der Waals surface area contributed by atoms with Gasteiger partial charge in [0.15, 0.2) is 0 Å². The van der Waals surface area contributed by atoms with Crippen LogP contribution in [0.15, 0.2) is 47.4 Å². The molecule has 2 aromatic rings. The first-order valence-electron chi connectivity index (χ1n) is 9.71. The third-order valence-electron chi connectivity index (χ3n) is 4.83. The lowest BCUT2D eigenvalue weighted by atomic mass is 9.98. The van der Waals surface area contributed by atoms with E-state index in [2.05, 4.69) is 5.32 Å². The molecule has 3 N–H and O–H groups in total. The summed E-state index contributed by atoms with van der Waals surface area (Å²) < 4.78 is 53.8. The largest absolute Gasteiger partial charge is 0.369 e. The summed E-state index contributed by atoms with van der Waals surface area (Å²) in [6.07, 6.45) is 0.148. The Hall–Kier alpha value is -2.85. The van der Waals surface area contributed by atoms with Gasteiger partial charge in [-0.2, -0.15) is 4.31 Å². The third-order valence-corrected chi connectivity index (χ3v) is 6.88. The van der Waals surface area contributed by atoms with E-state index >= 15 is 0 Å². The van der Waals surface area contributed by atoms with Gasteiger partial charge in [-0.15, -0.1) is 0 Å². The molecule has 2 aromatic carbocycles. The summed E-state index contributed by atoms with van der Waals surface area (Å²) in [7, 11) is -3.88. The van der Waals surface area contributed by atoms with Crippen LogP contribution in [0.4, 0.5) is 8.78 Å². The van der Waals surface area contributed by atoms with Gasteiger partial charge in [-0.3, -0.25) is 9.59 Å². The van der Waals surface area contributed by atoms with Gasteiger partial charge in [-0.1, -0.05) is 26.0 Å². The molecule has 1 atom stereocenters. The number of sulfonamides is 1. The highest BCUT2D eigenvalue weighted by Crippen LogP contribution is 2.19. The van der Waals surface area contributed by atoms with Crippen LogP contribution in [-0.2, 0) is 21.2 Å². The summed E-state index contributed by atoms with van der Waals surface area (Å²) in [6, 6.07) is 8.45. The van der Waals surface area contributed by atoms with Crippen molar-refractivity contribution in [2.45, 2.75) is 25.2 Å². The van der Waals surface area contributed by atoms with Crippen molar-refractivity contribution in [1.82, 2.24) is 9.62 Å². The summed E-state index contributed by atoms with van der Waals surface area (Å²) in [5, 5.41) is 2.43. The zero-order chi connectivity index (χ0) is 23.2. The highest BCUT2D eigenvalue weighted by Gasteiger charge is 2.25. The number of nitrogens with one attached hydrogen (secondary N) is 1. The smallest absolute Gasteiger partial charge is 0.254 e. The molecule has 7 nitrogen and oxygen atoms in total. The van der Waals surface area contributed by atoms with Crippen molar-refractivity contribution >= 4 is 21.8 Å². The van der Waals surface area contributed by atoms with Crippen molar-refractivity contribution < 1.29 is 26.8 Å². The van der Waals surface area contributed by atoms with E-state index in [0.717, 1.165) is 18.2 Å². The van der Waals surface area contributed by atoms with Crippen LogP contribution >= 0.6 is 0 Å². The number of hydrogen-bond donors (Lipinski definition) is 2. The van der Waals surface area contributed by atoms with Gasteiger partial charge in [0.1, 0.15) is 11.6 Å². The fourth-order valence-electron chi connectivity index (χ4n) is 3.04. The predicted molar refractivity (Wildman–Crippen MR) is 112 cm³/mol. The van der Waals surface area contributed by atoms with E-state index in [1.165, 1.54) is 28.6 Å². The zero-order valence-corrected chi connectivity index (χ0v) is 18.1. The maximum Gasteiger partial charge on any atom is 0.254 e. The second-order valence-electron chi connectivity index (χ2n) is 6.87. The Balaban J connectivity index is 2.18. The van der Waals surface area contributed by atoms with Gasteiger partial charge in [0.25, 0.3) is 5.91 Å². The monoisotopic (exact) mass is 453 g/mol. The molecular formula is C21H25F2N3O4S. The quantitative estimate of drug-likeness (QED) is 0.574. The van der Waals surface area contributed by atoms with Gasteiger partial charge in [-0.05, 0) is 42.3 Å². The van der Waals surface area contributed by atoms with Crippen LogP contribution in [0.25, 0.3) is 0 Å². The second-order valence-corrected chi connectivity index (χ2v) is 8.81. The van der Waals surface area contributed by atoms with E-state index < -0.39 is 45.0 Å². The average molecular weight is 454 g/mol. The van der Waals surface area contributed by atoms with Crippen molar-refractivity contribution in [1.29, 1.82) is 0 Å². The maximum absolute atomic E-state index is 14.2. The molecular weight excluding hydrogens is 428 g/mol. The van der Waals surface area contributed by atoms with Crippen LogP contribution in [0.3, 0.4) is 0 Å². The molecule has 2 amide bonds. The van der Waals surface area contributed by atoms with Crippen LogP contribution in [-0.4, -0.2) is 44.2 Å². The summed E-state index contributed by atoms with van der Waals surface area (Å²) in [4.78, 5) is 24.1. The number of nitrogens with two attached hydrogens (primary N) is 1. The molecule has 0 bridgehead atoms. The minimum atomic E-state index is -3.88. The molecule has 0 aliphatic rings. The lowest BCUT2D eigenvalue weighted by Gasteiger charge is -2.19. The van der Waals surface area contributed by atoms with Crippen LogP contribution < -0.4 is 11.1 Å². The van der Waals surface area contributed by atoms with Crippen LogP contribution in [0.2, 0.25) is 0 Å². The Kier molecular flexibility index (Phi) is 8.23. The number of benzene rings is 2. The van der Waals surface area contributed by atoms with E-state index in [1.54, 1.807) is 13.8 Å². The molecule has 0 aliphatic heterocycles. The number of halogens is 2. The highest BCUT2D eigenvalue weighted by atomic mass is 32.2. The molecule has 0 radical (unpaired) electrons.